The number of pyridine rings is 2. The molecular formula is C32H33N2+. The highest BCUT2D eigenvalue weighted by Crippen LogP contribution is 2.45. The molecule has 34 heavy (non-hydrogen) atoms. The number of aryl methyl sites for hydroxylation is 5. The zero-order valence-electron chi connectivity index (χ0n) is 21.0. The third-order valence-electron chi connectivity index (χ3n) is 8.90. The number of benzene rings is 3. The average molecular weight is 446 g/mol. The van der Waals surface area contributed by atoms with E-state index in [0.29, 0.717) is 0 Å². The standard InChI is InChI=1S/C32H33N2/c1-18-9-8-12-25-26(18)28-24(16-22-10-6-7-11-22)17-23-13-14-33(5)31-27-21(4)19(2)15-20(3)30(27)34(25)32(28)29(23)31/h8-9,12-15,17,22H,6-7,10-11,16H2,1-5H3/q+1. The molecule has 1 aliphatic carbocycles. The van der Waals surface area contributed by atoms with Crippen LogP contribution >= 0.6 is 0 Å². The highest BCUT2D eigenvalue weighted by molar-refractivity contribution is 6.28. The van der Waals surface area contributed by atoms with Crippen LogP contribution in [-0.4, -0.2) is 4.40 Å². The Morgan fingerprint density at radius 3 is 2.41 bits per heavy atom. The second-order valence-corrected chi connectivity index (χ2v) is 11.0. The second kappa shape index (κ2) is 6.95. The molecule has 2 heteroatoms. The van der Waals surface area contributed by atoms with Crippen LogP contribution in [0.3, 0.4) is 0 Å². The van der Waals surface area contributed by atoms with Gasteiger partial charge < -0.3 is 4.40 Å². The van der Waals surface area contributed by atoms with Crippen LogP contribution < -0.4 is 4.57 Å². The Hall–Kier alpha value is -3.13. The van der Waals surface area contributed by atoms with Crippen LogP contribution in [0.5, 0.6) is 0 Å². The number of hydrogen-bond donors (Lipinski definition) is 0. The van der Waals surface area contributed by atoms with Crippen molar-refractivity contribution < 1.29 is 4.57 Å². The number of rotatable bonds is 2. The monoisotopic (exact) mass is 445 g/mol. The van der Waals surface area contributed by atoms with Crippen molar-refractivity contribution >= 4 is 49.0 Å². The summed E-state index contributed by atoms with van der Waals surface area (Å²) in [6, 6.07) is 14.2. The zero-order valence-corrected chi connectivity index (χ0v) is 21.0. The van der Waals surface area contributed by atoms with Crippen molar-refractivity contribution in [2.45, 2.75) is 59.8 Å². The molecule has 0 spiro atoms. The van der Waals surface area contributed by atoms with E-state index in [4.69, 9.17) is 0 Å². The Kier molecular flexibility index (Phi) is 4.14. The van der Waals surface area contributed by atoms with Crippen LogP contribution in [0.15, 0.2) is 42.6 Å². The second-order valence-electron chi connectivity index (χ2n) is 11.0. The Balaban J connectivity index is 1.83. The smallest absolute Gasteiger partial charge is 0.224 e. The number of hydrogen-bond acceptors (Lipinski definition) is 0. The molecule has 7 rings (SSSR count). The molecule has 1 fully saturated rings. The Morgan fingerprint density at radius 2 is 1.62 bits per heavy atom. The summed E-state index contributed by atoms with van der Waals surface area (Å²) < 4.78 is 4.99. The van der Waals surface area contributed by atoms with Crippen LogP contribution in [-0.2, 0) is 13.5 Å². The van der Waals surface area contributed by atoms with Gasteiger partial charge in [0.15, 0.2) is 6.20 Å². The SMILES string of the molecule is Cc1cc(C)c2c(c1C)c1c3c(cc[n+]1C)cc(CC1CCCC1)c1c4c(C)cccc4n2c13. The summed E-state index contributed by atoms with van der Waals surface area (Å²) >= 11 is 0. The summed E-state index contributed by atoms with van der Waals surface area (Å²) in [4.78, 5) is 0. The molecule has 0 amide bonds. The normalized spacial score (nSPS) is 15.3. The van der Waals surface area contributed by atoms with E-state index in [2.05, 4.69) is 86.3 Å². The molecule has 1 saturated carbocycles. The fourth-order valence-electron chi connectivity index (χ4n) is 7.23. The van der Waals surface area contributed by atoms with E-state index in [-0.39, 0.29) is 0 Å². The van der Waals surface area contributed by atoms with E-state index in [0.717, 1.165) is 5.92 Å². The van der Waals surface area contributed by atoms with Gasteiger partial charge in [-0.1, -0.05) is 43.9 Å². The van der Waals surface area contributed by atoms with Gasteiger partial charge in [-0.2, -0.15) is 0 Å². The third-order valence-corrected chi connectivity index (χ3v) is 8.90. The van der Waals surface area contributed by atoms with Crippen molar-refractivity contribution in [1.29, 1.82) is 0 Å². The summed E-state index contributed by atoms with van der Waals surface area (Å²) in [6.07, 6.45) is 9.03. The van der Waals surface area contributed by atoms with Gasteiger partial charge >= 0.3 is 0 Å². The van der Waals surface area contributed by atoms with Crippen molar-refractivity contribution in [2.75, 3.05) is 0 Å². The number of fused-ring (bicyclic) bond motifs is 6. The lowest BCUT2D eigenvalue weighted by Crippen LogP contribution is -2.29. The third kappa shape index (κ3) is 2.49. The topological polar surface area (TPSA) is 8.29 Å². The lowest BCUT2D eigenvalue weighted by Gasteiger charge is -2.18. The van der Waals surface area contributed by atoms with Gasteiger partial charge in [0.05, 0.1) is 27.3 Å². The van der Waals surface area contributed by atoms with E-state index < -0.39 is 0 Å². The summed E-state index contributed by atoms with van der Waals surface area (Å²) in [5, 5.41) is 7.17. The fraction of sp³-hybridized carbons (Fsp3) is 0.344. The molecule has 0 aliphatic heterocycles. The van der Waals surface area contributed by atoms with E-state index in [9.17, 15) is 0 Å². The minimum atomic E-state index is 0.823. The van der Waals surface area contributed by atoms with Gasteiger partial charge in [0.1, 0.15) is 7.05 Å². The van der Waals surface area contributed by atoms with Crippen LogP contribution in [0.1, 0.15) is 53.5 Å². The predicted octanol–water partition coefficient (Wildman–Crippen LogP) is 7.78. The van der Waals surface area contributed by atoms with Crippen molar-refractivity contribution in [3.63, 3.8) is 0 Å². The molecule has 1 aliphatic rings. The Bertz CT molecular complexity index is 1780. The minimum Gasteiger partial charge on any atom is -0.307 e. The first kappa shape index (κ1) is 20.3. The van der Waals surface area contributed by atoms with Crippen LogP contribution in [0.25, 0.3) is 49.0 Å². The lowest BCUT2D eigenvalue weighted by molar-refractivity contribution is -0.643. The maximum Gasteiger partial charge on any atom is 0.224 e. The highest BCUT2D eigenvalue weighted by Gasteiger charge is 2.28. The number of aromatic nitrogens is 2. The van der Waals surface area contributed by atoms with Gasteiger partial charge in [-0.25, -0.2) is 4.57 Å². The summed E-state index contributed by atoms with van der Waals surface area (Å²) in [5.74, 6) is 0.823. The first-order valence-corrected chi connectivity index (χ1v) is 12.9. The van der Waals surface area contributed by atoms with E-state index in [1.54, 1.807) is 5.56 Å². The zero-order chi connectivity index (χ0) is 23.3. The molecule has 3 aromatic carbocycles. The van der Waals surface area contributed by atoms with Crippen molar-refractivity contribution in [1.82, 2.24) is 4.40 Å². The first-order valence-electron chi connectivity index (χ1n) is 12.9. The molecule has 2 nitrogen and oxygen atoms in total. The Labute approximate surface area is 201 Å². The van der Waals surface area contributed by atoms with E-state index in [1.165, 1.54) is 103 Å². The lowest BCUT2D eigenvalue weighted by atomic mass is 9.90. The number of nitrogens with zero attached hydrogens (tertiary/aromatic N) is 2. The summed E-state index contributed by atoms with van der Waals surface area (Å²) in [5.41, 5.74) is 12.6. The van der Waals surface area contributed by atoms with Gasteiger partial charge in [0.25, 0.3) is 0 Å². The van der Waals surface area contributed by atoms with Gasteiger partial charge in [-0.15, -0.1) is 0 Å². The Morgan fingerprint density at radius 1 is 0.824 bits per heavy atom. The average Bonchev–Trinajstić information content (AvgIpc) is 3.45. The largest absolute Gasteiger partial charge is 0.307 e. The molecular weight excluding hydrogens is 412 g/mol. The molecule has 0 unspecified atom stereocenters. The summed E-state index contributed by atoms with van der Waals surface area (Å²) in [6.45, 7) is 9.16. The van der Waals surface area contributed by atoms with Crippen LogP contribution in [0, 0.1) is 33.6 Å². The molecule has 0 saturated heterocycles. The maximum atomic E-state index is 2.63. The van der Waals surface area contributed by atoms with Gasteiger partial charge in [-0.05, 0) is 85.4 Å². The molecule has 6 aromatic rings. The predicted molar refractivity (Wildman–Crippen MR) is 144 cm³/mol. The van der Waals surface area contributed by atoms with Gasteiger partial charge in [0, 0.05) is 16.8 Å². The molecule has 0 bridgehead atoms. The molecule has 0 atom stereocenters. The van der Waals surface area contributed by atoms with Crippen LogP contribution in [0.2, 0.25) is 0 Å². The highest BCUT2D eigenvalue weighted by atomic mass is 15.0. The van der Waals surface area contributed by atoms with Crippen molar-refractivity contribution in [3.8, 4) is 0 Å². The first-order chi connectivity index (χ1) is 16.5. The van der Waals surface area contributed by atoms with E-state index in [1.807, 2.05) is 0 Å². The van der Waals surface area contributed by atoms with Crippen LogP contribution in [0.4, 0.5) is 0 Å². The van der Waals surface area contributed by atoms with Gasteiger partial charge in [0.2, 0.25) is 5.52 Å². The molecule has 3 aromatic heterocycles. The van der Waals surface area contributed by atoms with Gasteiger partial charge in [-0.3, -0.25) is 0 Å². The quantitative estimate of drug-likeness (QED) is 0.146. The molecule has 170 valence electrons. The molecule has 0 N–H and O–H groups in total. The molecule has 3 heterocycles. The minimum absolute atomic E-state index is 0.823. The fourth-order valence-corrected chi connectivity index (χ4v) is 7.23. The van der Waals surface area contributed by atoms with Crippen molar-refractivity contribution in [3.05, 3.63) is 70.4 Å². The molecule has 0 radical (unpaired) electrons. The maximum absolute atomic E-state index is 2.63. The summed E-state index contributed by atoms with van der Waals surface area (Å²) in [7, 11) is 2.22. The van der Waals surface area contributed by atoms with E-state index >= 15 is 0 Å². The van der Waals surface area contributed by atoms with Crippen molar-refractivity contribution in [2.24, 2.45) is 13.0 Å².